The predicted octanol–water partition coefficient (Wildman–Crippen LogP) is 2.78. The van der Waals surface area contributed by atoms with Gasteiger partial charge in [-0.25, -0.2) is 0 Å². The summed E-state index contributed by atoms with van der Waals surface area (Å²) in [6.45, 7) is 3.01. The zero-order chi connectivity index (χ0) is 13.8. The lowest BCUT2D eigenvalue weighted by Crippen LogP contribution is -2.40. The fraction of sp³-hybridized carbons (Fsp3) is 0.500. The second-order valence-electron chi connectivity index (χ2n) is 4.91. The standard InChI is InChI=1S/C14H19BrN2O2/c1-9-7-10(5-6-16-9)14(18)17-13-8-11(19-2)3-4-12(13)15/h3-4,8-10,16H,5-7H2,1-2H3,(H,17,18)/t9-,10-/m0/s1. The van der Waals surface area contributed by atoms with Crippen molar-refractivity contribution in [1.82, 2.24) is 5.32 Å². The zero-order valence-corrected chi connectivity index (χ0v) is 12.8. The monoisotopic (exact) mass is 326 g/mol. The van der Waals surface area contributed by atoms with Crippen molar-refractivity contribution in [2.75, 3.05) is 19.0 Å². The van der Waals surface area contributed by atoms with E-state index in [1.165, 1.54) is 0 Å². The van der Waals surface area contributed by atoms with E-state index >= 15 is 0 Å². The number of piperidine rings is 1. The molecule has 2 rings (SSSR count). The summed E-state index contributed by atoms with van der Waals surface area (Å²) >= 11 is 3.44. The van der Waals surface area contributed by atoms with E-state index in [0.717, 1.165) is 35.3 Å². The first-order valence-corrected chi connectivity index (χ1v) is 7.27. The van der Waals surface area contributed by atoms with Gasteiger partial charge in [0.25, 0.3) is 0 Å². The second-order valence-corrected chi connectivity index (χ2v) is 5.77. The maximum Gasteiger partial charge on any atom is 0.227 e. The Morgan fingerprint density at radius 3 is 3.00 bits per heavy atom. The number of methoxy groups -OCH3 is 1. The molecule has 0 bridgehead atoms. The van der Waals surface area contributed by atoms with Gasteiger partial charge in [0.15, 0.2) is 0 Å². The van der Waals surface area contributed by atoms with Crippen molar-refractivity contribution in [3.8, 4) is 5.75 Å². The highest BCUT2D eigenvalue weighted by Gasteiger charge is 2.25. The fourth-order valence-electron chi connectivity index (χ4n) is 2.33. The van der Waals surface area contributed by atoms with Gasteiger partial charge in [-0.2, -0.15) is 0 Å². The number of carbonyl (C=O) groups excluding carboxylic acids is 1. The molecule has 0 saturated carbocycles. The maximum absolute atomic E-state index is 12.3. The van der Waals surface area contributed by atoms with Gasteiger partial charge < -0.3 is 15.4 Å². The average molecular weight is 327 g/mol. The van der Waals surface area contributed by atoms with Crippen LogP contribution in [0.3, 0.4) is 0 Å². The highest BCUT2D eigenvalue weighted by molar-refractivity contribution is 9.10. The Morgan fingerprint density at radius 2 is 2.32 bits per heavy atom. The summed E-state index contributed by atoms with van der Waals surface area (Å²) in [4.78, 5) is 12.3. The van der Waals surface area contributed by atoms with E-state index in [-0.39, 0.29) is 11.8 Å². The van der Waals surface area contributed by atoms with Gasteiger partial charge >= 0.3 is 0 Å². The molecule has 1 aromatic rings. The number of amides is 1. The van der Waals surface area contributed by atoms with E-state index in [1.807, 2.05) is 18.2 Å². The van der Waals surface area contributed by atoms with Gasteiger partial charge in [-0.05, 0) is 54.4 Å². The minimum Gasteiger partial charge on any atom is -0.497 e. The van der Waals surface area contributed by atoms with Crippen LogP contribution in [0.5, 0.6) is 5.75 Å². The Labute approximate surface area is 122 Å². The summed E-state index contributed by atoms with van der Waals surface area (Å²) in [5.41, 5.74) is 0.760. The number of benzene rings is 1. The number of halogens is 1. The molecule has 1 aromatic carbocycles. The zero-order valence-electron chi connectivity index (χ0n) is 11.2. The molecule has 0 aliphatic carbocycles. The Kier molecular flexibility index (Phi) is 4.82. The van der Waals surface area contributed by atoms with E-state index in [2.05, 4.69) is 33.5 Å². The third-order valence-corrected chi connectivity index (χ3v) is 4.12. The lowest BCUT2D eigenvalue weighted by atomic mass is 9.92. The maximum atomic E-state index is 12.3. The molecule has 2 N–H and O–H groups in total. The summed E-state index contributed by atoms with van der Waals surface area (Å²) in [6.07, 6.45) is 1.77. The molecule has 0 unspecified atom stereocenters. The molecule has 1 heterocycles. The summed E-state index contributed by atoms with van der Waals surface area (Å²) < 4.78 is 6.04. The van der Waals surface area contributed by atoms with E-state index in [4.69, 9.17) is 4.74 Å². The molecule has 5 heteroatoms. The highest BCUT2D eigenvalue weighted by atomic mass is 79.9. The quantitative estimate of drug-likeness (QED) is 0.898. The molecule has 2 atom stereocenters. The first-order valence-electron chi connectivity index (χ1n) is 6.48. The van der Waals surface area contributed by atoms with E-state index in [1.54, 1.807) is 7.11 Å². The molecule has 1 saturated heterocycles. The smallest absolute Gasteiger partial charge is 0.227 e. The van der Waals surface area contributed by atoms with E-state index in [9.17, 15) is 4.79 Å². The van der Waals surface area contributed by atoms with Crippen LogP contribution in [0.4, 0.5) is 5.69 Å². The van der Waals surface area contributed by atoms with E-state index < -0.39 is 0 Å². The molecule has 19 heavy (non-hydrogen) atoms. The third kappa shape index (κ3) is 3.70. The van der Waals surface area contributed by atoms with Crippen LogP contribution in [-0.2, 0) is 4.79 Å². The van der Waals surface area contributed by atoms with Gasteiger partial charge in [-0.15, -0.1) is 0 Å². The number of carbonyl (C=O) groups is 1. The Balaban J connectivity index is 2.05. The van der Waals surface area contributed by atoms with Crippen LogP contribution in [-0.4, -0.2) is 25.6 Å². The van der Waals surface area contributed by atoms with Crippen LogP contribution in [0.2, 0.25) is 0 Å². The van der Waals surface area contributed by atoms with Crippen LogP contribution in [0, 0.1) is 5.92 Å². The fourth-order valence-corrected chi connectivity index (χ4v) is 2.68. The molecular formula is C14H19BrN2O2. The van der Waals surface area contributed by atoms with E-state index in [0.29, 0.717) is 6.04 Å². The third-order valence-electron chi connectivity index (χ3n) is 3.43. The Morgan fingerprint density at radius 1 is 1.53 bits per heavy atom. The highest BCUT2D eigenvalue weighted by Crippen LogP contribution is 2.28. The average Bonchev–Trinajstić information content (AvgIpc) is 2.41. The SMILES string of the molecule is COc1ccc(Br)c(NC(=O)[C@H]2CCN[C@@H](C)C2)c1. The van der Waals surface area contributed by atoms with Crippen molar-refractivity contribution < 1.29 is 9.53 Å². The van der Waals surface area contributed by atoms with Crippen molar-refractivity contribution >= 4 is 27.5 Å². The number of anilines is 1. The number of nitrogens with one attached hydrogen (secondary N) is 2. The van der Waals surface area contributed by atoms with Gasteiger partial charge in [-0.3, -0.25) is 4.79 Å². The molecule has 0 aromatic heterocycles. The van der Waals surface area contributed by atoms with Crippen LogP contribution >= 0.6 is 15.9 Å². The lowest BCUT2D eigenvalue weighted by Gasteiger charge is -2.27. The van der Waals surface area contributed by atoms with Crippen LogP contribution < -0.4 is 15.4 Å². The van der Waals surface area contributed by atoms with Crippen molar-refractivity contribution in [2.24, 2.45) is 5.92 Å². The first-order chi connectivity index (χ1) is 9.10. The van der Waals surface area contributed by atoms with Gasteiger partial charge in [0.2, 0.25) is 5.91 Å². The molecule has 1 fully saturated rings. The van der Waals surface area contributed by atoms with Crippen molar-refractivity contribution in [2.45, 2.75) is 25.8 Å². The molecule has 104 valence electrons. The van der Waals surface area contributed by atoms with Crippen molar-refractivity contribution in [3.63, 3.8) is 0 Å². The molecule has 4 nitrogen and oxygen atoms in total. The number of hydrogen-bond acceptors (Lipinski definition) is 3. The normalized spacial score (nSPS) is 22.9. The summed E-state index contributed by atoms with van der Waals surface area (Å²) in [5.74, 6) is 0.897. The molecular weight excluding hydrogens is 308 g/mol. The van der Waals surface area contributed by atoms with Gasteiger partial charge in [0.05, 0.1) is 12.8 Å². The predicted molar refractivity (Wildman–Crippen MR) is 79.5 cm³/mol. The Bertz CT molecular complexity index is 465. The molecule has 0 spiro atoms. The molecule has 1 aliphatic heterocycles. The first kappa shape index (κ1) is 14.3. The number of rotatable bonds is 3. The number of ether oxygens (including phenoxy) is 1. The second kappa shape index (κ2) is 6.39. The number of hydrogen-bond donors (Lipinski definition) is 2. The summed E-state index contributed by atoms with van der Waals surface area (Å²) in [6, 6.07) is 5.96. The lowest BCUT2D eigenvalue weighted by molar-refractivity contribution is -0.120. The summed E-state index contributed by atoms with van der Waals surface area (Å²) in [7, 11) is 1.61. The van der Waals surface area contributed by atoms with Gasteiger partial charge in [0, 0.05) is 22.5 Å². The van der Waals surface area contributed by atoms with Crippen molar-refractivity contribution in [1.29, 1.82) is 0 Å². The van der Waals surface area contributed by atoms with Crippen LogP contribution in [0.15, 0.2) is 22.7 Å². The van der Waals surface area contributed by atoms with Crippen LogP contribution in [0.1, 0.15) is 19.8 Å². The molecule has 1 aliphatic rings. The largest absolute Gasteiger partial charge is 0.497 e. The Hall–Kier alpha value is -1.07. The summed E-state index contributed by atoms with van der Waals surface area (Å²) in [5, 5.41) is 6.33. The van der Waals surface area contributed by atoms with Gasteiger partial charge in [-0.1, -0.05) is 0 Å². The topological polar surface area (TPSA) is 50.4 Å². The molecule has 0 radical (unpaired) electrons. The molecule has 1 amide bonds. The minimum atomic E-state index is 0.0781. The van der Waals surface area contributed by atoms with Gasteiger partial charge in [0.1, 0.15) is 5.75 Å². The van der Waals surface area contributed by atoms with Crippen molar-refractivity contribution in [3.05, 3.63) is 22.7 Å². The van der Waals surface area contributed by atoms with Crippen LogP contribution in [0.25, 0.3) is 0 Å². The minimum absolute atomic E-state index is 0.0781.